The molecule has 7 nitrogen and oxygen atoms in total. The van der Waals surface area contributed by atoms with Gasteiger partial charge in [-0.1, -0.05) is 49.6 Å². The maximum atomic E-state index is 13.8. The maximum absolute atomic E-state index is 13.8. The van der Waals surface area contributed by atoms with Crippen LogP contribution in [-0.2, 0) is 26.2 Å². The van der Waals surface area contributed by atoms with Crippen LogP contribution in [0.4, 0.5) is 14.5 Å². The number of hydrogen-bond acceptors (Lipinski definition) is 4. The second-order valence-electron chi connectivity index (χ2n) is 8.89. The first-order valence-corrected chi connectivity index (χ1v) is 13.5. The van der Waals surface area contributed by atoms with Crippen molar-refractivity contribution in [2.24, 2.45) is 0 Å². The summed E-state index contributed by atoms with van der Waals surface area (Å²) in [5, 5.41) is 3.01. The van der Waals surface area contributed by atoms with E-state index in [2.05, 4.69) is 5.32 Å². The number of nitrogens with zero attached hydrogens (tertiary/aromatic N) is 2. The van der Waals surface area contributed by atoms with E-state index in [1.807, 2.05) is 6.07 Å². The van der Waals surface area contributed by atoms with Crippen LogP contribution in [0.15, 0.2) is 48.5 Å². The molecule has 0 spiro atoms. The molecule has 2 aromatic carbocycles. The fourth-order valence-corrected chi connectivity index (χ4v) is 5.03. The number of amides is 2. The number of hydrogen-bond donors (Lipinski definition) is 1. The lowest BCUT2D eigenvalue weighted by atomic mass is 9.95. The number of halogens is 2. The smallest absolute Gasteiger partial charge is 0.244 e. The molecule has 3 rings (SSSR count). The lowest BCUT2D eigenvalue weighted by Crippen LogP contribution is -2.53. The number of rotatable bonds is 9. The van der Waals surface area contributed by atoms with Crippen molar-refractivity contribution in [3.05, 3.63) is 65.7 Å². The highest BCUT2D eigenvalue weighted by Gasteiger charge is 2.31. The SMILES string of the molecule is C[C@H](C(=O)NC1CCCCC1)N(Cc1ccccc1)C(=O)CN(c1ccc(F)c(F)c1)S(C)(=O)=O. The zero-order chi connectivity index (χ0) is 25.6. The van der Waals surface area contributed by atoms with Crippen LogP contribution in [0.3, 0.4) is 0 Å². The third-order valence-corrected chi connectivity index (χ3v) is 7.33. The van der Waals surface area contributed by atoms with Gasteiger partial charge in [0.25, 0.3) is 0 Å². The van der Waals surface area contributed by atoms with E-state index in [9.17, 15) is 26.8 Å². The van der Waals surface area contributed by atoms with Crippen LogP contribution in [0.1, 0.15) is 44.6 Å². The molecule has 0 unspecified atom stereocenters. The van der Waals surface area contributed by atoms with E-state index in [0.29, 0.717) is 4.31 Å². The molecule has 0 saturated heterocycles. The first-order valence-electron chi connectivity index (χ1n) is 11.6. The molecule has 1 saturated carbocycles. The summed E-state index contributed by atoms with van der Waals surface area (Å²) in [6.07, 6.45) is 5.83. The van der Waals surface area contributed by atoms with E-state index in [-0.39, 0.29) is 24.2 Å². The summed E-state index contributed by atoms with van der Waals surface area (Å²) < 4.78 is 52.9. The van der Waals surface area contributed by atoms with Crippen LogP contribution in [0.25, 0.3) is 0 Å². The van der Waals surface area contributed by atoms with E-state index in [4.69, 9.17) is 0 Å². The predicted molar refractivity (Wildman–Crippen MR) is 130 cm³/mol. The maximum Gasteiger partial charge on any atom is 0.244 e. The molecule has 35 heavy (non-hydrogen) atoms. The van der Waals surface area contributed by atoms with Crippen molar-refractivity contribution in [1.29, 1.82) is 0 Å². The Morgan fingerprint density at radius 2 is 1.69 bits per heavy atom. The van der Waals surface area contributed by atoms with Crippen molar-refractivity contribution in [2.45, 2.75) is 57.7 Å². The first-order chi connectivity index (χ1) is 16.6. The number of nitrogens with one attached hydrogen (secondary N) is 1. The molecule has 2 amide bonds. The van der Waals surface area contributed by atoms with E-state index in [0.717, 1.165) is 62.1 Å². The predicted octanol–water partition coefficient (Wildman–Crippen LogP) is 3.60. The van der Waals surface area contributed by atoms with Crippen molar-refractivity contribution in [3.63, 3.8) is 0 Å². The molecule has 0 heterocycles. The largest absolute Gasteiger partial charge is 0.352 e. The minimum Gasteiger partial charge on any atom is -0.352 e. The van der Waals surface area contributed by atoms with Gasteiger partial charge in [0.1, 0.15) is 12.6 Å². The second kappa shape index (κ2) is 11.6. The van der Waals surface area contributed by atoms with Gasteiger partial charge in [-0.2, -0.15) is 0 Å². The van der Waals surface area contributed by atoms with Gasteiger partial charge < -0.3 is 10.2 Å². The van der Waals surface area contributed by atoms with Crippen molar-refractivity contribution < 1.29 is 26.8 Å². The van der Waals surface area contributed by atoms with Gasteiger partial charge in [0.2, 0.25) is 21.8 Å². The average Bonchev–Trinajstić information content (AvgIpc) is 2.83. The summed E-state index contributed by atoms with van der Waals surface area (Å²) in [6.45, 7) is 1.01. The van der Waals surface area contributed by atoms with Crippen molar-refractivity contribution in [2.75, 3.05) is 17.1 Å². The summed E-state index contributed by atoms with van der Waals surface area (Å²) >= 11 is 0. The summed E-state index contributed by atoms with van der Waals surface area (Å²) in [7, 11) is -4.02. The number of sulfonamides is 1. The van der Waals surface area contributed by atoms with Crippen LogP contribution in [0.2, 0.25) is 0 Å². The number of carbonyl (C=O) groups excluding carboxylic acids is 2. The lowest BCUT2D eigenvalue weighted by Gasteiger charge is -2.33. The standard InChI is InChI=1S/C25H31F2N3O4S/c1-18(25(32)28-20-11-7-4-8-12-20)29(16-19-9-5-3-6-10-19)24(31)17-30(35(2,33)34)21-13-14-22(26)23(27)15-21/h3,5-6,9-10,13-15,18,20H,4,7-8,11-12,16-17H2,1-2H3,(H,28,32)/t18-/m1/s1. The van der Waals surface area contributed by atoms with Crippen LogP contribution >= 0.6 is 0 Å². The van der Waals surface area contributed by atoms with Crippen molar-refractivity contribution >= 4 is 27.5 Å². The van der Waals surface area contributed by atoms with E-state index < -0.39 is 40.2 Å². The van der Waals surface area contributed by atoms with Gasteiger partial charge >= 0.3 is 0 Å². The van der Waals surface area contributed by atoms with Crippen LogP contribution in [0, 0.1) is 11.6 Å². The van der Waals surface area contributed by atoms with Crippen LogP contribution < -0.4 is 9.62 Å². The van der Waals surface area contributed by atoms with Gasteiger partial charge in [-0.3, -0.25) is 13.9 Å². The number of benzene rings is 2. The van der Waals surface area contributed by atoms with Gasteiger partial charge in [-0.25, -0.2) is 17.2 Å². The first kappa shape index (κ1) is 26.6. The van der Waals surface area contributed by atoms with Crippen molar-refractivity contribution in [3.8, 4) is 0 Å². The number of anilines is 1. The Bertz CT molecular complexity index is 1140. The minimum atomic E-state index is -4.02. The highest BCUT2D eigenvalue weighted by Crippen LogP contribution is 2.22. The van der Waals surface area contributed by atoms with E-state index in [1.54, 1.807) is 31.2 Å². The Morgan fingerprint density at radius 1 is 1.03 bits per heavy atom. The van der Waals surface area contributed by atoms with Crippen LogP contribution in [0.5, 0.6) is 0 Å². The molecule has 10 heteroatoms. The van der Waals surface area contributed by atoms with Gasteiger partial charge in [-0.05, 0) is 37.5 Å². The Labute approximate surface area is 205 Å². The summed E-state index contributed by atoms with van der Waals surface area (Å²) in [4.78, 5) is 27.8. The third-order valence-electron chi connectivity index (χ3n) is 6.18. The normalized spacial score (nSPS) is 15.3. The topological polar surface area (TPSA) is 86.8 Å². The summed E-state index contributed by atoms with van der Waals surface area (Å²) in [6, 6.07) is 10.8. The Balaban J connectivity index is 1.86. The van der Waals surface area contributed by atoms with Crippen molar-refractivity contribution in [1.82, 2.24) is 10.2 Å². The molecule has 1 fully saturated rings. The molecule has 1 aliphatic carbocycles. The van der Waals surface area contributed by atoms with Gasteiger partial charge in [0.15, 0.2) is 11.6 Å². The molecule has 2 aromatic rings. The van der Waals surface area contributed by atoms with Gasteiger partial charge in [-0.15, -0.1) is 0 Å². The van der Waals surface area contributed by atoms with Gasteiger partial charge in [0.05, 0.1) is 11.9 Å². The molecule has 1 atom stereocenters. The number of carbonyl (C=O) groups is 2. The molecular formula is C25H31F2N3O4S. The van der Waals surface area contributed by atoms with E-state index >= 15 is 0 Å². The lowest BCUT2D eigenvalue weighted by molar-refractivity contribution is -0.139. The molecular weight excluding hydrogens is 476 g/mol. The highest BCUT2D eigenvalue weighted by atomic mass is 32.2. The molecule has 0 aromatic heterocycles. The Hall–Kier alpha value is -3.01. The fourth-order valence-electron chi connectivity index (χ4n) is 4.19. The summed E-state index contributed by atoms with van der Waals surface area (Å²) in [5.41, 5.74) is 0.579. The second-order valence-corrected chi connectivity index (χ2v) is 10.8. The molecule has 1 N–H and O–H groups in total. The highest BCUT2D eigenvalue weighted by molar-refractivity contribution is 7.92. The van der Waals surface area contributed by atoms with Gasteiger partial charge in [0, 0.05) is 18.7 Å². The molecule has 1 aliphatic rings. The van der Waals surface area contributed by atoms with E-state index in [1.165, 1.54) is 4.90 Å². The minimum absolute atomic E-state index is 0.0436. The molecule has 0 bridgehead atoms. The quantitative estimate of drug-likeness (QED) is 0.562. The zero-order valence-corrected chi connectivity index (χ0v) is 20.7. The Kier molecular flexibility index (Phi) is 8.82. The molecule has 0 aliphatic heterocycles. The Morgan fingerprint density at radius 3 is 2.29 bits per heavy atom. The molecule has 0 radical (unpaired) electrons. The summed E-state index contributed by atoms with van der Waals surface area (Å²) in [5.74, 6) is -3.33. The molecule has 190 valence electrons. The third kappa shape index (κ3) is 7.24. The monoisotopic (exact) mass is 507 g/mol. The average molecular weight is 508 g/mol. The fraction of sp³-hybridized carbons (Fsp3) is 0.440. The van der Waals surface area contributed by atoms with Crippen LogP contribution in [-0.4, -0.2) is 50.0 Å². The zero-order valence-electron chi connectivity index (χ0n) is 19.9.